The van der Waals surface area contributed by atoms with Crippen LogP contribution in [0.2, 0.25) is 0 Å². The van der Waals surface area contributed by atoms with E-state index in [1.807, 2.05) is 29.8 Å². The number of pyridine rings is 3. The monoisotopic (exact) mass is 409 g/mol. The third-order valence-corrected chi connectivity index (χ3v) is 5.04. The van der Waals surface area contributed by atoms with Crippen LogP contribution in [0.3, 0.4) is 0 Å². The third kappa shape index (κ3) is 2.81. The highest BCUT2D eigenvalue weighted by Crippen LogP contribution is 2.30. The molecule has 0 radical (unpaired) electrons. The fourth-order valence-corrected chi connectivity index (χ4v) is 3.59. The summed E-state index contributed by atoms with van der Waals surface area (Å²) in [5, 5.41) is 18.0. The Morgan fingerprint density at radius 2 is 2.00 bits per heavy atom. The molecule has 0 bridgehead atoms. The number of hydrogen-bond acceptors (Lipinski definition) is 7. The molecule has 10 nitrogen and oxygen atoms in total. The van der Waals surface area contributed by atoms with Crippen LogP contribution >= 0.6 is 0 Å². The Morgan fingerprint density at radius 1 is 1.06 bits per heavy atom. The number of fused-ring (bicyclic) bond motifs is 2. The van der Waals surface area contributed by atoms with Gasteiger partial charge in [0.2, 0.25) is 0 Å². The predicted octanol–water partition coefficient (Wildman–Crippen LogP) is 3.16. The van der Waals surface area contributed by atoms with Gasteiger partial charge >= 0.3 is 0 Å². The van der Waals surface area contributed by atoms with Crippen molar-refractivity contribution in [1.29, 1.82) is 0 Å². The van der Waals surface area contributed by atoms with E-state index in [4.69, 9.17) is 4.98 Å². The van der Waals surface area contributed by atoms with E-state index in [9.17, 15) is 5.11 Å². The molecule has 150 valence electrons. The largest absolute Gasteiger partial charge is 0.506 e. The molecule has 0 saturated heterocycles. The van der Waals surface area contributed by atoms with Gasteiger partial charge in [0.25, 0.3) is 0 Å². The molecule has 0 aliphatic rings. The molecule has 6 aromatic rings. The minimum Gasteiger partial charge on any atom is -0.506 e. The van der Waals surface area contributed by atoms with Crippen LogP contribution in [0.1, 0.15) is 5.69 Å². The van der Waals surface area contributed by atoms with Gasteiger partial charge in [0.1, 0.15) is 17.0 Å². The first-order valence-corrected chi connectivity index (χ1v) is 9.50. The average molecular weight is 409 g/mol. The Morgan fingerprint density at radius 3 is 2.84 bits per heavy atom. The summed E-state index contributed by atoms with van der Waals surface area (Å²) in [4.78, 5) is 25.2. The third-order valence-electron chi connectivity index (χ3n) is 5.04. The molecule has 0 spiro atoms. The van der Waals surface area contributed by atoms with E-state index < -0.39 is 0 Å². The lowest BCUT2D eigenvalue weighted by Crippen LogP contribution is -1.92. The minimum absolute atomic E-state index is 0.0810. The summed E-state index contributed by atoms with van der Waals surface area (Å²) >= 11 is 0. The van der Waals surface area contributed by atoms with Crippen LogP contribution in [0.4, 0.5) is 0 Å². The SMILES string of the molecule is Cc1cn(-c2ccnc3[nH]c(-c4n[nH]c5cnc(-c6cncc(O)c6)cc45)nc23)cn1. The lowest BCUT2D eigenvalue weighted by molar-refractivity contribution is 0.473. The molecule has 0 aromatic carbocycles. The highest BCUT2D eigenvalue weighted by molar-refractivity contribution is 5.95. The molecule has 0 saturated carbocycles. The topological polar surface area (TPSA) is 134 Å². The Kier molecular flexibility index (Phi) is 3.60. The summed E-state index contributed by atoms with van der Waals surface area (Å²) in [6.45, 7) is 1.94. The minimum atomic E-state index is 0.0810. The molecule has 0 amide bonds. The second-order valence-corrected chi connectivity index (χ2v) is 7.15. The zero-order valence-corrected chi connectivity index (χ0v) is 16.3. The van der Waals surface area contributed by atoms with Crippen molar-refractivity contribution in [3.63, 3.8) is 0 Å². The Hall–Kier alpha value is -4.60. The van der Waals surface area contributed by atoms with Gasteiger partial charge in [0, 0.05) is 29.5 Å². The maximum Gasteiger partial charge on any atom is 0.161 e. The van der Waals surface area contributed by atoms with Gasteiger partial charge in [-0.25, -0.2) is 15.0 Å². The van der Waals surface area contributed by atoms with Gasteiger partial charge in [-0.2, -0.15) is 5.10 Å². The maximum absolute atomic E-state index is 9.75. The van der Waals surface area contributed by atoms with Gasteiger partial charge in [0.05, 0.1) is 41.3 Å². The van der Waals surface area contributed by atoms with Gasteiger partial charge in [-0.05, 0) is 25.1 Å². The lowest BCUT2D eigenvalue weighted by Gasteiger charge is -2.01. The van der Waals surface area contributed by atoms with E-state index in [-0.39, 0.29) is 5.75 Å². The molecule has 6 heterocycles. The molecular weight excluding hydrogens is 394 g/mol. The zero-order chi connectivity index (χ0) is 20.9. The maximum atomic E-state index is 9.75. The van der Waals surface area contributed by atoms with Crippen LogP contribution in [-0.4, -0.2) is 49.8 Å². The number of aromatic hydroxyl groups is 1. The molecule has 31 heavy (non-hydrogen) atoms. The Bertz CT molecular complexity index is 1580. The second-order valence-electron chi connectivity index (χ2n) is 7.15. The number of aromatic nitrogens is 9. The van der Waals surface area contributed by atoms with Crippen LogP contribution in [-0.2, 0) is 0 Å². The van der Waals surface area contributed by atoms with Crippen molar-refractivity contribution >= 4 is 22.1 Å². The summed E-state index contributed by atoms with van der Waals surface area (Å²) in [6.07, 6.45) is 10.2. The second kappa shape index (κ2) is 6.46. The average Bonchev–Trinajstić information content (AvgIpc) is 3.50. The molecule has 0 unspecified atom stereocenters. The summed E-state index contributed by atoms with van der Waals surface area (Å²) in [5.74, 6) is 0.668. The zero-order valence-electron chi connectivity index (χ0n) is 16.3. The van der Waals surface area contributed by atoms with E-state index in [0.29, 0.717) is 28.4 Å². The van der Waals surface area contributed by atoms with Gasteiger partial charge < -0.3 is 14.7 Å². The van der Waals surface area contributed by atoms with Crippen LogP contribution < -0.4 is 0 Å². The van der Waals surface area contributed by atoms with Gasteiger partial charge in [-0.1, -0.05) is 0 Å². The van der Waals surface area contributed by atoms with Crippen LogP contribution in [0, 0.1) is 6.92 Å². The summed E-state index contributed by atoms with van der Waals surface area (Å²) in [7, 11) is 0. The van der Waals surface area contributed by atoms with Crippen molar-refractivity contribution in [2.45, 2.75) is 6.92 Å². The predicted molar refractivity (Wildman–Crippen MR) is 114 cm³/mol. The number of nitrogens with zero attached hydrogens (tertiary/aromatic N) is 7. The Labute approximate surface area is 174 Å². The number of hydrogen-bond donors (Lipinski definition) is 3. The first-order valence-electron chi connectivity index (χ1n) is 9.50. The molecule has 3 N–H and O–H groups in total. The number of imidazole rings is 2. The van der Waals surface area contributed by atoms with Crippen molar-refractivity contribution < 1.29 is 5.11 Å². The standard InChI is InChI=1S/C21H15N9O/c1-11-9-30(10-25-11)17-2-3-23-20-19(17)26-21(27-20)18-14-5-15(24-8-16(14)28-29-18)12-4-13(31)7-22-6-12/h2-10,31H,1H3,(H,28,29)(H,23,26,27). The molecule has 10 heteroatoms. The number of rotatable bonds is 3. The van der Waals surface area contributed by atoms with Crippen molar-refractivity contribution in [3.8, 4) is 34.2 Å². The van der Waals surface area contributed by atoms with Crippen molar-refractivity contribution in [3.05, 3.63) is 61.2 Å². The first kappa shape index (κ1) is 17.3. The van der Waals surface area contributed by atoms with Gasteiger partial charge in [-0.15, -0.1) is 0 Å². The summed E-state index contributed by atoms with van der Waals surface area (Å²) in [5.41, 5.74) is 5.96. The van der Waals surface area contributed by atoms with Crippen LogP contribution in [0.15, 0.2) is 55.5 Å². The highest BCUT2D eigenvalue weighted by Gasteiger charge is 2.17. The molecule has 0 atom stereocenters. The van der Waals surface area contributed by atoms with E-state index >= 15 is 0 Å². The van der Waals surface area contributed by atoms with Crippen molar-refractivity contribution in [2.75, 3.05) is 0 Å². The van der Waals surface area contributed by atoms with Crippen LogP contribution in [0.5, 0.6) is 5.75 Å². The smallest absolute Gasteiger partial charge is 0.161 e. The van der Waals surface area contributed by atoms with Crippen molar-refractivity contribution in [2.24, 2.45) is 0 Å². The molecule has 0 fully saturated rings. The first-order chi connectivity index (χ1) is 15.2. The fraction of sp³-hybridized carbons (Fsp3) is 0.0476. The lowest BCUT2D eigenvalue weighted by atomic mass is 10.1. The Balaban J connectivity index is 1.51. The fourth-order valence-electron chi connectivity index (χ4n) is 3.59. The molecule has 0 aliphatic carbocycles. The normalized spacial score (nSPS) is 11.5. The number of H-pyrrole nitrogens is 2. The van der Waals surface area contributed by atoms with E-state index in [0.717, 1.165) is 27.8 Å². The van der Waals surface area contributed by atoms with E-state index in [2.05, 4.69) is 35.1 Å². The molecular formula is C21H15N9O. The van der Waals surface area contributed by atoms with Crippen LogP contribution in [0.25, 0.3) is 50.5 Å². The molecule has 6 aromatic heterocycles. The van der Waals surface area contributed by atoms with Gasteiger partial charge in [0.15, 0.2) is 11.5 Å². The van der Waals surface area contributed by atoms with Crippen molar-refractivity contribution in [1.82, 2.24) is 44.7 Å². The van der Waals surface area contributed by atoms with E-state index in [1.54, 1.807) is 31.0 Å². The summed E-state index contributed by atoms with van der Waals surface area (Å²) < 4.78 is 1.92. The summed E-state index contributed by atoms with van der Waals surface area (Å²) in [6, 6.07) is 5.41. The number of aryl methyl sites for hydroxylation is 1. The van der Waals surface area contributed by atoms with Gasteiger partial charge in [-0.3, -0.25) is 15.1 Å². The molecule has 0 aliphatic heterocycles. The molecule has 6 rings (SSSR count). The number of nitrogens with one attached hydrogen (secondary N) is 2. The highest BCUT2D eigenvalue weighted by atomic mass is 16.3. The quantitative estimate of drug-likeness (QED) is 0.409. The van der Waals surface area contributed by atoms with E-state index in [1.165, 1.54) is 6.20 Å². The number of aromatic amines is 2.